The summed E-state index contributed by atoms with van der Waals surface area (Å²) in [6.07, 6.45) is 0. The zero-order chi connectivity index (χ0) is 26.2. The van der Waals surface area contributed by atoms with Gasteiger partial charge in [-0.15, -0.1) is 0 Å². The molecule has 6 rings (SSSR count). The number of guanidine groups is 1. The third kappa shape index (κ3) is 3.18. The number of methoxy groups -OCH3 is 1. The SMILES string of the molecule is COc1cccc(C2c3c(C)nn(-c4ccc(Cl)cc4)c3N=C3N(C)c4c(c(=O)n(C)c(=O)n4C)N32)c1. The molecule has 0 bridgehead atoms. The highest BCUT2D eigenvalue weighted by Crippen LogP contribution is 2.49. The molecule has 2 aromatic heterocycles. The first-order chi connectivity index (χ1) is 17.7. The van der Waals surface area contributed by atoms with Gasteiger partial charge in [0.15, 0.2) is 11.5 Å². The van der Waals surface area contributed by atoms with Crippen molar-refractivity contribution in [2.45, 2.75) is 13.0 Å². The molecule has 37 heavy (non-hydrogen) atoms. The fourth-order valence-corrected chi connectivity index (χ4v) is 5.33. The van der Waals surface area contributed by atoms with Gasteiger partial charge in [0.1, 0.15) is 11.6 Å². The zero-order valence-electron chi connectivity index (χ0n) is 20.9. The van der Waals surface area contributed by atoms with Crippen molar-refractivity contribution in [3.63, 3.8) is 0 Å². The van der Waals surface area contributed by atoms with Gasteiger partial charge in [-0.2, -0.15) is 10.1 Å². The van der Waals surface area contributed by atoms with Crippen molar-refractivity contribution in [3.05, 3.63) is 91.2 Å². The largest absolute Gasteiger partial charge is 0.497 e. The topological polar surface area (TPSA) is 89.9 Å². The van der Waals surface area contributed by atoms with Crippen molar-refractivity contribution >= 4 is 34.9 Å². The van der Waals surface area contributed by atoms with Crippen molar-refractivity contribution < 1.29 is 4.74 Å². The maximum atomic E-state index is 13.6. The smallest absolute Gasteiger partial charge is 0.332 e. The fraction of sp³-hybridized carbons (Fsp3) is 0.231. The molecule has 4 heterocycles. The van der Waals surface area contributed by atoms with Gasteiger partial charge in [-0.05, 0) is 48.9 Å². The number of anilines is 2. The second kappa shape index (κ2) is 8.10. The molecule has 11 heteroatoms. The molecule has 0 aliphatic carbocycles. The van der Waals surface area contributed by atoms with Gasteiger partial charge in [-0.1, -0.05) is 23.7 Å². The lowest BCUT2D eigenvalue weighted by atomic mass is 9.95. The molecular weight excluding hydrogens is 494 g/mol. The molecule has 0 saturated carbocycles. The number of fused-ring (bicyclic) bond motifs is 4. The van der Waals surface area contributed by atoms with Gasteiger partial charge >= 0.3 is 5.69 Å². The Morgan fingerprint density at radius 3 is 2.43 bits per heavy atom. The van der Waals surface area contributed by atoms with E-state index in [-0.39, 0.29) is 0 Å². The second-order valence-electron chi connectivity index (χ2n) is 9.11. The van der Waals surface area contributed by atoms with Gasteiger partial charge in [0.2, 0.25) is 5.96 Å². The lowest BCUT2D eigenvalue weighted by Crippen LogP contribution is -2.43. The van der Waals surface area contributed by atoms with Crippen LogP contribution in [0.2, 0.25) is 5.02 Å². The van der Waals surface area contributed by atoms with E-state index in [0.29, 0.717) is 34.1 Å². The van der Waals surface area contributed by atoms with Crippen molar-refractivity contribution in [1.29, 1.82) is 0 Å². The zero-order valence-corrected chi connectivity index (χ0v) is 21.7. The van der Waals surface area contributed by atoms with E-state index >= 15 is 0 Å². The van der Waals surface area contributed by atoms with Crippen LogP contribution in [0.4, 0.5) is 17.3 Å². The van der Waals surface area contributed by atoms with Crippen LogP contribution in [0.25, 0.3) is 5.69 Å². The third-order valence-electron chi connectivity index (χ3n) is 6.98. The predicted molar refractivity (Wildman–Crippen MR) is 143 cm³/mol. The average molecular weight is 518 g/mol. The first-order valence-corrected chi connectivity index (χ1v) is 12.0. The minimum absolute atomic E-state index is 0.378. The summed E-state index contributed by atoms with van der Waals surface area (Å²) in [5.74, 6) is 2.32. The van der Waals surface area contributed by atoms with Crippen LogP contribution in [-0.2, 0) is 14.1 Å². The summed E-state index contributed by atoms with van der Waals surface area (Å²) in [5.41, 5.74) is 2.89. The lowest BCUT2D eigenvalue weighted by molar-refractivity contribution is 0.414. The number of aliphatic imine (C=N–C) groups is 1. The van der Waals surface area contributed by atoms with Crippen LogP contribution in [0.5, 0.6) is 5.75 Å². The highest BCUT2D eigenvalue weighted by atomic mass is 35.5. The minimum atomic E-state index is -0.451. The summed E-state index contributed by atoms with van der Waals surface area (Å²) in [6.45, 7) is 1.93. The summed E-state index contributed by atoms with van der Waals surface area (Å²) < 4.78 is 9.91. The van der Waals surface area contributed by atoms with E-state index in [9.17, 15) is 9.59 Å². The molecule has 4 aromatic rings. The standard InChI is InChI=1S/C26H24ClN7O3/c1-14-19-20(15-7-6-8-18(13-15)37-5)33-21-23(31(3)26(36)32(4)24(21)35)30(2)25(33)28-22(19)34(29-14)17-11-9-16(27)10-12-17/h6-13,20H,1-5H3. The molecular formula is C26H24ClN7O3. The van der Waals surface area contributed by atoms with Gasteiger partial charge in [-0.3, -0.25) is 23.7 Å². The Labute approximate surface area is 217 Å². The maximum Gasteiger partial charge on any atom is 0.332 e. The molecule has 1 atom stereocenters. The number of rotatable bonds is 3. The van der Waals surface area contributed by atoms with Crippen molar-refractivity contribution in [3.8, 4) is 11.4 Å². The van der Waals surface area contributed by atoms with Crippen LogP contribution in [0, 0.1) is 6.92 Å². The predicted octanol–water partition coefficient (Wildman–Crippen LogP) is 3.29. The molecule has 2 aromatic carbocycles. The van der Waals surface area contributed by atoms with Gasteiger partial charge in [0, 0.05) is 31.7 Å². The number of hydrogen-bond donors (Lipinski definition) is 0. The van der Waals surface area contributed by atoms with E-state index in [1.807, 2.05) is 48.2 Å². The molecule has 0 N–H and O–H groups in total. The number of benzene rings is 2. The van der Waals surface area contributed by atoms with Crippen LogP contribution in [0.3, 0.4) is 0 Å². The van der Waals surface area contributed by atoms with Crippen molar-refractivity contribution in [2.75, 3.05) is 24.0 Å². The summed E-state index contributed by atoms with van der Waals surface area (Å²) >= 11 is 6.14. The number of aromatic nitrogens is 4. The molecule has 2 aliphatic heterocycles. The Balaban J connectivity index is 1.70. The first kappa shape index (κ1) is 23.1. The van der Waals surface area contributed by atoms with E-state index in [4.69, 9.17) is 26.4 Å². The fourth-order valence-electron chi connectivity index (χ4n) is 5.21. The van der Waals surface area contributed by atoms with Crippen LogP contribution in [0.1, 0.15) is 22.9 Å². The van der Waals surface area contributed by atoms with E-state index in [2.05, 4.69) is 0 Å². The third-order valence-corrected chi connectivity index (χ3v) is 7.24. The number of nitrogens with zero attached hydrogens (tertiary/aromatic N) is 7. The quantitative estimate of drug-likeness (QED) is 0.414. The minimum Gasteiger partial charge on any atom is -0.497 e. The molecule has 10 nitrogen and oxygen atoms in total. The molecule has 0 fully saturated rings. The van der Waals surface area contributed by atoms with Crippen molar-refractivity contribution in [1.82, 2.24) is 18.9 Å². The Morgan fingerprint density at radius 2 is 1.73 bits per heavy atom. The molecule has 1 unspecified atom stereocenters. The molecule has 2 aliphatic rings. The van der Waals surface area contributed by atoms with Crippen LogP contribution in [-0.4, -0.2) is 39.0 Å². The van der Waals surface area contributed by atoms with Gasteiger partial charge < -0.3 is 4.74 Å². The summed E-state index contributed by atoms with van der Waals surface area (Å²) in [5, 5.41) is 5.46. The number of hydrogen-bond acceptors (Lipinski definition) is 7. The monoisotopic (exact) mass is 517 g/mol. The molecule has 0 spiro atoms. The maximum absolute atomic E-state index is 13.6. The number of ether oxygens (including phenoxy) is 1. The molecule has 0 amide bonds. The highest BCUT2D eigenvalue weighted by Gasteiger charge is 2.46. The van der Waals surface area contributed by atoms with Crippen LogP contribution < -0.4 is 25.8 Å². The average Bonchev–Trinajstić information content (AvgIpc) is 3.39. The Hall–Kier alpha value is -4.31. The number of halogens is 1. The molecule has 0 saturated heterocycles. The molecule has 0 radical (unpaired) electrons. The summed E-state index contributed by atoms with van der Waals surface area (Å²) in [4.78, 5) is 35.1. The van der Waals surface area contributed by atoms with E-state index in [0.717, 1.165) is 27.1 Å². The van der Waals surface area contributed by atoms with E-state index in [1.165, 1.54) is 11.6 Å². The van der Waals surface area contributed by atoms with Crippen LogP contribution in [0.15, 0.2) is 63.1 Å². The summed E-state index contributed by atoms with van der Waals surface area (Å²) in [6, 6.07) is 14.6. The lowest BCUT2D eigenvalue weighted by Gasteiger charge is -2.34. The van der Waals surface area contributed by atoms with Gasteiger partial charge in [-0.25, -0.2) is 9.48 Å². The Morgan fingerprint density at radius 1 is 1.00 bits per heavy atom. The van der Waals surface area contributed by atoms with Gasteiger partial charge in [0.25, 0.3) is 5.56 Å². The van der Waals surface area contributed by atoms with E-state index < -0.39 is 17.3 Å². The first-order valence-electron chi connectivity index (χ1n) is 11.6. The van der Waals surface area contributed by atoms with Crippen LogP contribution >= 0.6 is 11.6 Å². The molecule has 188 valence electrons. The second-order valence-corrected chi connectivity index (χ2v) is 9.55. The normalized spacial score (nSPS) is 15.8. The Kier molecular flexibility index (Phi) is 5.06. The Bertz CT molecular complexity index is 1730. The summed E-state index contributed by atoms with van der Waals surface area (Å²) in [7, 11) is 6.57. The highest BCUT2D eigenvalue weighted by molar-refractivity contribution is 6.30. The van der Waals surface area contributed by atoms with E-state index in [1.54, 1.807) is 42.9 Å². The van der Waals surface area contributed by atoms with Gasteiger partial charge in [0.05, 0.1) is 24.5 Å². The van der Waals surface area contributed by atoms with Crippen molar-refractivity contribution in [2.24, 2.45) is 19.1 Å². The number of aryl methyl sites for hydroxylation is 1.